The van der Waals surface area contributed by atoms with Crippen molar-refractivity contribution in [3.63, 3.8) is 0 Å². The van der Waals surface area contributed by atoms with Crippen LogP contribution in [0.15, 0.2) is 0 Å². The third kappa shape index (κ3) is 1.35. The fourth-order valence-electron chi connectivity index (χ4n) is 8.22. The van der Waals surface area contributed by atoms with Gasteiger partial charge in [0.2, 0.25) is 11.9 Å². The number of hydrogen-bond acceptors (Lipinski definition) is 10. The zero-order chi connectivity index (χ0) is 21.8. The third-order valence-corrected chi connectivity index (χ3v) is 8.91. The molecule has 2 saturated carbocycles. The number of rotatable bonds is 0. The molecule has 0 aromatic carbocycles. The molecule has 4 saturated heterocycles. The topological polar surface area (TPSA) is 149 Å². The molecule has 6 fully saturated rings. The van der Waals surface area contributed by atoms with E-state index in [0.29, 0.717) is 0 Å². The van der Waals surface area contributed by atoms with Crippen molar-refractivity contribution in [3.05, 3.63) is 0 Å². The number of carbonyl (C=O) groups is 3. The summed E-state index contributed by atoms with van der Waals surface area (Å²) >= 11 is 0. The van der Waals surface area contributed by atoms with Crippen molar-refractivity contribution < 1.29 is 48.7 Å². The first-order valence-electron chi connectivity index (χ1n) is 10.2. The van der Waals surface area contributed by atoms with Gasteiger partial charge in [-0.05, 0) is 12.3 Å². The molecule has 6 rings (SSSR count). The summed E-state index contributed by atoms with van der Waals surface area (Å²) in [5.74, 6) is -4.43. The first kappa shape index (κ1) is 19.0. The second kappa shape index (κ2) is 4.69. The van der Waals surface area contributed by atoms with Crippen molar-refractivity contribution >= 4 is 17.9 Å². The zero-order valence-electron chi connectivity index (χ0n) is 16.9. The number of hydrogen-bond donors (Lipinski definition) is 3. The monoisotopic (exact) mass is 424 g/mol. The predicted octanol–water partition coefficient (Wildman–Crippen LogP) is -1.37. The predicted molar refractivity (Wildman–Crippen MR) is 92.0 cm³/mol. The average molecular weight is 424 g/mol. The minimum absolute atomic E-state index is 0.107. The van der Waals surface area contributed by atoms with Crippen molar-refractivity contribution in [2.45, 2.75) is 76.0 Å². The second-order valence-electron chi connectivity index (χ2n) is 10.7. The summed E-state index contributed by atoms with van der Waals surface area (Å²) in [6, 6.07) is 0. The largest absolute Gasteiger partial charge is 0.459 e. The van der Waals surface area contributed by atoms with E-state index in [2.05, 4.69) is 0 Å². The summed E-state index contributed by atoms with van der Waals surface area (Å²) in [6.07, 6.45) is -6.73. The van der Waals surface area contributed by atoms with Gasteiger partial charge in [-0.15, -0.1) is 0 Å². The SMILES string of the molecule is CC1C(=O)OC2CC34C5OC(=O)[C@]3(OC3OC(=O)C(O)[C@@]34C(C(C)(C)C)C5O)[C@]21O. The number of carbonyl (C=O) groups excluding carboxylic acids is 3. The lowest BCUT2D eigenvalue weighted by molar-refractivity contribution is -0.239. The van der Waals surface area contributed by atoms with E-state index in [0.717, 1.165) is 0 Å². The Labute approximate surface area is 171 Å². The van der Waals surface area contributed by atoms with E-state index in [1.54, 1.807) is 0 Å². The highest BCUT2D eigenvalue weighted by molar-refractivity contribution is 5.93. The van der Waals surface area contributed by atoms with Gasteiger partial charge in [-0.2, -0.15) is 0 Å². The van der Waals surface area contributed by atoms with Gasteiger partial charge in [0.05, 0.1) is 22.9 Å². The van der Waals surface area contributed by atoms with Gasteiger partial charge in [0.1, 0.15) is 12.2 Å². The molecular weight excluding hydrogens is 400 g/mol. The maximum absolute atomic E-state index is 13.4. The number of esters is 3. The highest BCUT2D eigenvalue weighted by Crippen LogP contribution is 2.84. The van der Waals surface area contributed by atoms with Crippen LogP contribution in [0.2, 0.25) is 0 Å². The van der Waals surface area contributed by atoms with Crippen molar-refractivity contribution in [2.24, 2.45) is 28.1 Å². The molecule has 3 N–H and O–H groups in total. The van der Waals surface area contributed by atoms with E-state index in [1.807, 2.05) is 20.8 Å². The van der Waals surface area contributed by atoms with E-state index >= 15 is 0 Å². The Bertz CT molecular complexity index is 925. The molecule has 4 heterocycles. The van der Waals surface area contributed by atoms with Crippen LogP contribution in [0.3, 0.4) is 0 Å². The van der Waals surface area contributed by atoms with Gasteiger partial charge in [-0.25, -0.2) is 9.59 Å². The van der Waals surface area contributed by atoms with E-state index in [-0.39, 0.29) is 6.42 Å². The minimum atomic E-state index is -2.12. The maximum Gasteiger partial charge on any atom is 0.342 e. The van der Waals surface area contributed by atoms with Crippen molar-refractivity contribution in [2.75, 3.05) is 0 Å². The van der Waals surface area contributed by atoms with Crippen LogP contribution in [0.25, 0.3) is 0 Å². The van der Waals surface area contributed by atoms with Crippen LogP contribution in [0.5, 0.6) is 0 Å². The molecule has 6 aliphatic rings. The highest BCUT2D eigenvalue weighted by Gasteiger charge is 3.02. The molecule has 11 atom stereocenters. The lowest BCUT2D eigenvalue weighted by Gasteiger charge is -2.46. The molecule has 4 aliphatic heterocycles. The van der Waals surface area contributed by atoms with E-state index in [4.69, 9.17) is 18.9 Å². The number of aliphatic hydroxyl groups is 3. The number of aliphatic hydroxyl groups excluding tert-OH is 2. The van der Waals surface area contributed by atoms with Gasteiger partial charge < -0.3 is 34.3 Å². The maximum atomic E-state index is 13.4. The van der Waals surface area contributed by atoms with E-state index in [1.165, 1.54) is 6.92 Å². The fourth-order valence-corrected chi connectivity index (χ4v) is 8.22. The van der Waals surface area contributed by atoms with Crippen LogP contribution in [0, 0.1) is 28.1 Å². The summed E-state index contributed by atoms with van der Waals surface area (Å²) in [5, 5.41) is 34.4. The lowest BCUT2D eigenvalue weighted by Crippen LogP contribution is -2.66. The Morgan fingerprint density at radius 1 is 1.03 bits per heavy atom. The first-order valence-corrected chi connectivity index (χ1v) is 10.2. The van der Waals surface area contributed by atoms with Crippen LogP contribution < -0.4 is 0 Å². The zero-order valence-corrected chi connectivity index (χ0v) is 16.9. The highest BCUT2D eigenvalue weighted by atomic mass is 16.8. The molecule has 2 aliphatic carbocycles. The molecule has 0 amide bonds. The van der Waals surface area contributed by atoms with Gasteiger partial charge >= 0.3 is 17.9 Å². The van der Waals surface area contributed by atoms with Crippen LogP contribution in [-0.2, 0) is 33.3 Å². The molecule has 2 spiro atoms. The quantitative estimate of drug-likeness (QED) is 0.314. The Kier molecular flexibility index (Phi) is 2.97. The Morgan fingerprint density at radius 3 is 2.33 bits per heavy atom. The second-order valence-corrected chi connectivity index (χ2v) is 10.7. The molecule has 0 aromatic rings. The first-order chi connectivity index (χ1) is 13.8. The standard InChI is InChI=1S/C20H24O10/c1-6-12(23)27-7-5-17-11-8(21)9(16(2,3)4)18(17)10(22)13(24)29-15(18)30-20(17,14(25)28-11)19(6,7)26/h6-11,15,21-22,26H,5H2,1-4H3/t6?,7?,8?,9?,10?,11?,15?,17?,18-,19+,20+/m0/s1. The van der Waals surface area contributed by atoms with Crippen molar-refractivity contribution in [1.29, 1.82) is 0 Å². The van der Waals surface area contributed by atoms with Gasteiger partial charge in [0.25, 0.3) is 0 Å². The lowest BCUT2D eigenvalue weighted by atomic mass is 9.51. The van der Waals surface area contributed by atoms with Gasteiger partial charge in [0, 0.05) is 12.3 Å². The van der Waals surface area contributed by atoms with Crippen molar-refractivity contribution in [1.82, 2.24) is 0 Å². The average Bonchev–Trinajstić information content (AvgIpc) is 3.32. The van der Waals surface area contributed by atoms with Crippen molar-refractivity contribution in [3.8, 4) is 0 Å². The Morgan fingerprint density at radius 2 is 1.70 bits per heavy atom. The molecule has 0 aromatic heterocycles. The smallest absolute Gasteiger partial charge is 0.342 e. The molecule has 0 radical (unpaired) electrons. The molecule has 10 nitrogen and oxygen atoms in total. The normalized spacial score (nSPS) is 60.1. The Balaban J connectivity index is 1.71. The third-order valence-electron chi connectivity index (χ3n) is 8.91. The summed E-state index contributed by atoms with van der Waals surface area (Å²) in [5.41, 5.74) is -7.95. The van der Waals surface area contributed by atoms with Crippen LogP contribution in [0.4, 0.5) is 0 Å². The molecule has 30 heavy (non-hydrogen) atoms. The van der Waals surface area contributed by atoms with Gasteiger partial charge in [0.15, 0.2) is 11.7 Å². The van der Waals surface area contributed by atoms with Crippen LogP contribution >= 0.6 is 0 Å². The summed E-state index contributed by atoms with van der Waals surface area (Å²) in [7, 11) is 0. The molecular formula is C20H24O10. The molecule has 8 unspecified atom stereocenters. The summed E-state index contributed by atoms with van der Waals surface area (Å²) in [6.45, 7) is 6.97. The number of fused-ring (bicyclic) bond motifs is 1. The summed E-state index contributed by atoms with van der Waals surface area (Å²) in [4.78, 5) is 38.2. The summed E-state index contributed by atoms with van der Waals surface area (Å²) < 4.78 is 22.6. The van der Waals surface area contributed by atoms with Crippen LogP contribution in [-0.4, -0.2) is 75.1 Å². The van der Waals surface area contributed by atoms with Gasteiger partial charge in [-0.3, -0.25) is 4.79 Å². The van der Waals surface area contributed by atoms with E-state index in [9.17, 15) is 29.7 Å². The van der Waals surface area contributed by atoms with Gasteiger partial charge in [-0.1, -0.05) is 20.8 Å². The molecule has 10 heteroatoms. The molecule has 0 bridgehead atoms. The number of ether oxygens (including phenoxy) is 4. The van der Waals surface area contributed by atoms with E-state index < -0.39 is 87.9 Å². The minimum Gasteiger partial charge on any atom is -0.459 e. The molecule has 164 valence electrons. The fraction of sp³-hybridized carbons (Fsp3) is 0.850. The van der Waals surface area contributed by atoms with Crippen LogP contribution in [0.1, 0.15) is 34.1 Å². The Hall–Kier alpha value is -1.75.